The summed E-state index contributed by atoms with van der Waals surface area (Å²) in [5.41, 5.74) is 25.6. The number of benzene rings is 8. The monoisotopic (exact) mass is 1010 g/mol. The molecule has 8 aromatic carbocycles. The fourth-order valence-electron chi connectivity index (χ4n) is 14.8. The number of fused-ring (bicyclic) bond motifs is 17. The van der Waals surface area contributed by atoms with Gasteiger partial charge in [-0.3, -0.25) is 0 Å². The highest BCUT2D eigenvalue weighted by atomic mass is 32.1. The smallest absolute Gasteiger partial charge is 0.197 e. The number of nitrogens with zero attached hydrogens (tertiary/aromatic N) is 1. The highest BCUT2D eigenvalue weighted by Gasteiger charge is 2.42. The summed E-state index contributed by atoms with van der Waals surface area (Å²) in [6.45, 7) is 31.3. The van der Waals surface area contributed by atoms with Crippen molar-refractivity contribution < 1.29 is 4.42 Å². The van der Waals surface area contributed by atoms with Crippen LogP contribution in [-0.4, -0.2) is 11.8 Å². The molecule has 377 valence electrons. The molecule has 0 saturated carbocycles. The van der Waals surface area contributed by atoms with E-state index in [0.29, 0.717) is 0 Å². The summed E-state index contributed by atoms with van der Waals surface area (Å²) in [4.78, 5) is 0. The van der Waals surface area contributed by atoms with Crippen LogP contribution in [0, 0.1) is 0 Å². The Hall–Kier alpha value is -6.56. The summed E-state index contributed by atoms with van der Waals surface area (Å²) in [5.74, 6) is 0. The molecule has 0 spiro atoms. The van der Waals surface area contributed by atoms with Crippen molar-refractivity contribution in [2.24, 2.45) is 0 Å². The minimum absolute atomic E-state index is 0.0388. The van der Waals surface area contributed by atoms with E-state index in [2.05, 4.69) is 228 Å². The number of hydrogen-bond acceptors (Lipinski definition) is 3. The molecule has 76 heavy (non-hydrogen) atoms. The van der Waals surface area contributed by atoms with Gasteiger partial charge in [0.05, 0.1) is 5.52 Å². The van der Waals surface area contributed by atoms with Crippen molar-refractivity contribution in [1.82, 2.24) is 4.57 Å². The number of anilines is 2. The summed E-state index contributed by atoms with van der Waals surface area (Å²) in [5, 5.41) is 11.8. The average Bonchev–Trinajstić information content (AvgIpc) is 4.28. The highest BCUT2D eigenvalue weighted by molar-refractivity contribution is 7.26. The van der Waals surface area contributed by atoms with Crippen LogP contribution >= 0.6 is 11.3 Å². The van der Waals surface area contributed by atoms with Gasteiger partial charge in [-0.05, 0) is 175 Å². The minimum Gasteiger partial charge on any atom is -0.456 e. The number of nitrogens with one attached hydrogen (secondary N) is 1. The lowest BCUT2D eigenvalue weighted by atomic mass is 9.58. The molecular formula is C71H68BN2OS. The summed E-state index contributed by atoms with van der Waals surface area (Å²) >= 11 is 1.95. The van der Waals surface area contributed by atoms with Crippen molar-refractivity contribution >= 4 is 105 Å². The molecule has 4 aliphatic rings. The van der Waals surface area contributed by atoms with Crippen molar-refractivity contribution in [2.75, 3.05) is 5.32 Å². The second-order valence-corrected chi connectivity index (χ2v) is 28.8. The Morgan fingerprint density at radius 1 is 0.539 bits per heavy atom. The molecule has 1 aliphatic heterocycles. The van der Waals surface area contributed by atoms with Gasteiger partial charge in [0.2, 0.25) is 0 Å². The number of hydrogen-bond donors (Lipinski definition) is 1. The van der Waals surface area contributed by atoms with Crippen LogP contribution in [-0.2, 0) is 32.5 Å². The molecule has 1 radical (unpaired) electrons. The largest absolute Gasteiger partial charge is 0.456 e. The first-order chi connectivity index (χ1) is 36.0. The first kappa shape index (κ1) is 46.7. The van der Waals surface area contributed by atoms with E-state index in [1.54, 1.807) is 0 Å². The summed E-state index contributed by atoms with van der Waals surface area (Å²) < 4.78 is 12.6. The molecular weight excluding hydrogens is 940 g/mol. The Balaban J connectivity index is 1.10. The molecule has 11 aromatic rings. The molecule has 0 saturated heterocycles. The average molecular weight is 1010 g/mol. The van der Waals surface area contributed by atoms with Gasteiger partial charge in [-0.1, -0.05) is 156 Å². The topological polar surface area (TPSA) is 30.1 Å². The van der Waals surface area contributed by atoms with E-state index >= 15 is 0 Å². The SMILES string of the molecule is CC(C)(C)c1ccc(Nc2cc3c(cc2-c2c4c5c(c6cc7c(cc6n5-c5cc6c(cc5[B]4)C(C)(C)c4ccccc4-6)C(C)(C)CCC7(C)C)c4c2sc2ccccc24)oc2cc4c(cc23)C(C)(C)CCC4(C)C)cc1. The maximum atomic E-state index is 7.23. The van der Waals surface area contributed by atoms with Crippen LogP contribution in [0.4, 0.5) is 11.4 Å². The lowest BCUT2D eigenvalue weighted by Gasteiger charge is -2.42. The molecule has 0 unspecified atom stereocenters. The number of rotatable bonds is 3. The fourth-order valence-corrected chi connectivity index (χ4v) is 16.1. The van der Waals surface area contributed by atoms with E-state index < -0.39 is 0 Å². The van der Waals surface area contributed by atoms with E-state index in [1.165, 1.54) is 126 Å². The quantitative estimate of drug-likeness (QED) is 0.179. The van der Waals surface area contributed by atoms with E-state index in [-0.39, 0.29) is 32.5 Å². The third kappa shape index (κ3) is 6.30. The molecule has 4 heterocycles. The van der Waals surface area contributed by atoms with E-state index in [0.717, 1.165) is 52.8 Å². The van der Waals surface area contributed by atoms with Crippen LogP contribution in [0.25, 0.3) is 91.9 Å². The molecule has 15 rings (SSSR count). The van der Waals surface area contributed by atoms with Gasteiger partial charge in [-0.15, -0.1) is 11.3 Å². The van der Waals surface area contributed by atoms with Crippen LogP contribution in [0.3, 0.4) is 0 Å². The van der Waals surface area contributed by atoms with Crippen molar-refractivity contribution in [3.05, 3.63) is 160 Å². The van der Waals surface area contributed by atoms with Crippen molar-refractivity contribution in [3.8, 4) is 27.9 Å². The van der Waals surface area contributed by atoms with Crippen LogP contribution in [0.1, 0.15) is 155 Å². The Bertz CT molecular complexity index is 4400. The van der Waals surface area contributed by atoms with Gasteiger partial charge in [0, 0.05) is 75.3 Å². The van der Waals surface area contributed by atoms with Crippen molar-refractivity contribution in [1.29, 1.82) is 0 Å². The van der Waals surface area contributed by atoms with Crippen LogP contribution in [0.2, 0.25) is 0 Å². The molecule has 3 aromatic heterocycles. The molecule has 3 aliphatic carbocycles. The predicted octanol–water partition coefficient (Wildman–Crippen LogP) is 18.7. The highest BCUT2D eigenvalue weighted by Crippen LogP contribution is 2.56. The van der Waals surface area contributed by atoms with Crippen molar-refractivity contribution in [2.45, 2.75) is 148 Å². The second-order valence-electron chi connectivity index (χ2n) is 27.7. The zero-order valence-electron chi connectivity index (χ0n) is 46.7. The number of furan rings is 1. The lowest BCUT2D eigenvalue weighted by Crippen LogP contribution is -2.38. The van der Waals surface area contributed by atoms with Gasteiger partial charge >= 0.3 is 0 Å². The zero-order valence-corrected chi connectivity index (χ0v) is 47.5. The van der Waals surface area contributed by atoms with Gasteiger partial charge in [0.1, 0.15) is 11.2 Å². The summed E-state index contributed by atoms with van der Waals surface area (Å²) in [7, 11) is 2.58. The lowest BCUT2D eigenvalue weighted by molar-refractivity contribution is 0.332. The second kappa shape index (κ2) is 14.9. The Morgan fingerprint density at radius 2 is 1.14 bits per heavy atom. The molecule has 0 fully saturated rings. The van der Waals surface area contributed by atoms with Gasteiger partial charge in [-0.25, -0.2) is 0 Å². The fraction of sp³-hybridized carbons (Fsp3) is 0.324. The van der Waals surface area contributed by atoms with Crippen LogP contribution in [0.5, 0.6) is 0 Å². The van der Waals surface area contributed by atoms with E-state index in [9.17, 15) is 0 Å². The number of thiophene rings is 1. The molecule has 5 heteroatoms. The third-order valence-electron chi connectivity index (χ3n) is 19.7. The molecule has 1 N–H and O–H groups in total. The number of aromatic nitrogens is 1. The Morgan fingerprint density at radius 3 is 1.84 bits per heavy atom. The molecule has 0 bridgehead atoms. The first-order valence-electron chi connectivity index (χ1n) is 28.1. The van der Waals surface area contributed by atoms with Gasteiger partial charge in [0.25, 0.3) is 0 Å². The Kier molecular flexibility index (Phi) is 9.17. The Labute approximate surface area is 453 Å². The third-order valence-corrected chi connectivity index (χ3v) is 20.9. The van der Waals surface area contributed by atoms with Crippen LogP contribution in [0.15, 0.2) is 126 Å². The van der Waals surface area contributed by atoms with E-state index in [4.69, 9.17) is 4.42 Å². The van der Waals surface area contributed by atoms with Crippen molar-refractivity contribution in [3.63, 3.8) is 0 Å². The van der Waals surface area contributed by atoms with E-state index in [1.807, 2.05) is 11.3 Å². The zero-order chi connectivity index (χ0) is 52.5. The molecule has 0 atom stereocenters. The molecule has 3 nitrogen and oxygen atoms in total. The maximum Gasteiger partial charge on any atom is 0.197 e. The molecule has 0 amide bonds. The maximum absolute atomic E-state index is 7.23. The standard InChI is InChI=1S/C71H68BN2OS/c1-66(2,3)38-22-24-39(25-23-38)73-54-32-44-43-30-49-52(70(10,11)29-27-67(49,4)5)37-58(43)75-57(44)34-45(54)62-63-64-60(61-41-19-15-17-21-59(41)76-65(61)62)46-31-50-51(69(8,9)28-26-68(50,6)7)36-55(46)74(64)56-33-42-40-18-14-16-20-47(40)71(12,13)48(42)35-53(56)72-63/h14-25,30-37,73H,26-29H2,1-13H3. The van der Waals surface area contributed by atoms with Crippen LogP contribution < -0.4 is 16.2 Å². The normalized spacial score (nSPS) is 18.2. The first-order valence-corrected chi connectivity index (χ1v) is 28.9. The van der Waals surface area contributed by atoms with Gasteiger partial charge in [0.15, 0.2) is 7.28 Å². The predicted molar refractivity (Wildman–Crippen MR) is 328 cm³/mol. The summed E-state index contributed by atoms with van der Waals surface area (Å²) in [6.07, 6.45) is 4.64. The van der Waals surface area contributed by atoms with Gasteiger partial charge in [-0.2, -0.15) is 0 Å². The minimum atomic E-state index is -0.147. The van der Waals surface area contributed by atoms with Gasteiger partial charge < -0.3 is 14.3 Å². The summed E-state index contributed by atoms with van der Waals surface area (Å²) in [6, 6.07) is 47.5.